The van der Waals surface area contributed by atoms with Crippen LogP contribution < -0.4 is 5.32 Å². The van der Waals surface area contributed by atoms with Crippen LogP contribution in [-0.4, -0.2) is 52.9 Å². The number of hydrogen-bond donors (Lipinski definition) is 3. The van der Waals surface area contributed by atoms with Crippen LogP contribution >= 0.6 is 0 Å². The molecule has 19 heavy (non-hydrogen) atoms. The molecule has 6 nitrogen and oxygen atoms in total. The van der Waals surface area contributed by atoms with E-state index in [4.69, 9.17) is 5.11 Å². The number of carboxylic acid groups (broad SMARTS) is 1. The minimum atomic E-state index is -1.07. The van der Waals surface area contributed by atoms with Gasteiger partial charge in [0.1, 0.15) is 5.54 Å². The molecule has 2 amide bonds. The minimum Gasteiger partial charge on any atom is -0.480 e. The molecule has 0 aromatic carbocycles. The number of carbonyl (C=O) groups excluding carboxylic acids is 1. The van der Waals surface area contributed by atoms with E-state index >= 15 is 0 Å². The number of urea groups is 1. The maximum atomic E-state index is 12.0. The zero-order valence-electron chi connectivity index (χ0n) is 11.5. The molecule has 1 saturated carbocycles. The molecule has 1 aliphatic carbocycles. The van der Waals surface area contributed by atoms with Crippen molar-refractivity contribution in [1.29, 1.82) is 0 Å². The van der Waals surface area contributed by atoms with Gasteiger partial charge in [0, 0.05) is 20.2 Å². The second-order valence-corrected chi connectivity index (χ2v) is 5.23. The highest BCUT2D eigenvalue weighted by molar-refractivity contribution is 5.86. The minimum absolute atomic E-state index is 0.165. The average molecular weight is 272 g/mol. The molecule has 0 aromatic rings. The number of amides is 2. The molecular formula is C13H24N2O4. The Balaban J connectivity index is 2.41. The molecule has 0 spiro atoms. The van der Waals surface area contributed by atoms with Crippen molar-refractivity contribution >= 4 is 12.0 Å². The Morgan fingerprint density at radius 2 is 1.84 bits per heavy atom. The lowest BCUT2D eigenvalue weighted by Gasteiger charge is -2.28. The summed E-state index contributed by atoms with van der Waals surface area (Å²) in [6.45, 7) is 0.736. The maximum absolute atomic E-state index is 12.0. The van der Waals surface area contributed by atoms with Crippen LogP contribution in [0.4, 0.5) is 4.79 Å². The van der Waals surface area contributed by atoms with Gasteiger partial charge in [-0.15, -0.1) is 0 Å². The van der Waals surface area contributed by atoms with Gasteiger partial charge in [-0.25, -0.2) is 9.59 Å². The number of nitrogens with one attached hydrogen (secondary N) is 1. The molecule has 110 valence electrons. The van der Waals surface area contributed by atoms with Crippen LogP contribution in [0.3, 0.4) is 0 Å². The van der Waals surface area contributed by atoms with Crippen molar-refractivity contribution in [2.24, 2.45) is 0 Å². The first-order chi connectivity index (χ1) is 9.02. The number of unbranched alkanes of at least 4 members (excludes halogenated alkanes) is 2. The summed E-state index contributed by atoms with van der Waals surface area (Å²) < 4.78 is 0. The molecule has 0 aliphatic heterocycles. The fraction of sp³-hybridized carbons (Fsp3) is 0.846. The number of carbonyl (C=O) groups is 2. The van der Waals surface area contributed by atoms with E-state index in [0.717, 1.165) is 32.1 Å². The van der Waals surface area contributed by atoms with Crippen molar-refractivity contribution in [2.75, 3.05) is 20.2 Å². The van der Waals surface area contributed by atoms with Gasteiger partial charge in [-0.2, -0.15) is 0 Å². The van der Waals surface area contributed by atoms with Crippen LogP contribution in [-0.2, 0) is 4.79 Å². The van der Waals surface area contributed by atoms with E-state index in [-0.39, 0.29) is 12.6 Å². The van der Waals surface area contributed by atoms with E-state index in [0.29, 0.717) is 19.4 Å². The Bertz CT molecular complexity index is 314. The van der Waals surface area contributed by atoms with E-state index < -0.39 is 11.5 Å². The normalized spacial score (nSPS) is 17.2. The van der Waals surface area contributed by atoms with Crippen LogP contribution in [0.25, 0.3) is 0 Å². The predicted octanol–water partition coefficient (Wildman–Crippen LogP) is 1.19. The summed E-state index contributed by atoms with van der Waals surface area (Å²) in [5.74, 6) is -0.938. The monoisotopic (exact) mass is 272 g/mol. The van der Waals surface area contributed by atoms with Crippen molar-refractivity contribution in [3.8, 4) is 0 Å². The molecule has 3 N–H and O–H groups in total. The summed E-state index contributed by atoms with van der Waals surface area (Å²) in [5.41, 5.74) is -1.07. The lowest BCUT2D eigenvalue weighted by molar-refractivity contribution is -0.144. The molecular weight excluding hydrogens is 248 g/mol. The summed E-state index contributed by atoms with van der Waals surface area (Å²) in [5, 5.41) is 20.6. The van der Waals surface area contributed by atoms with Gasteiger partial charge in [0.2, 0.25) is 0 Å². The number of carboxylic acids is 1. The molecule has 0 heterocycles. The number of nitrogens with zero attached hydrogens (tertiary/aromatic N) is 1. The quantitative estimate of drug-likeness (QED) is 0.607. The predicted molar refractivity (Wildman–Crippen MR) is 70.9 cm³/mol. The topological polar surface area (TPSA) is 89.9 Å². The number of hydrogen-bond acceptors (Lipinski definition) is 3. The smallest absolute Gasteiger partial charge is 0.329 e. The van der Waals surface area contributed by atoms with Crippen LogP contribution in [0.15, 0.2) is 0 Å². The third kappa shape index (κ3) is 4.38. The fourth-order valence-corrected chi connectivity index (χ4v) is 2.41. The van der Waals surface area contributed by atoms with Crippen LogP contribution in [0.2, 0.25) is 0 Å². The summed E-state index contributed by atoms with van der Waals surface area (Å²) >= 11 is 0. The van der Waals surface area contributed by atoms with Gasteiger partial charge in [-0.1, -0.05) is 12.8 Å². The first-order valence-corrected chi connectivity index (χ1v) is 6.89. The third-order valence-electron chi connectivity index (χ3n) is 3.71. The molecule has 0 unspecified atom stereocenters. The molecule has 0 saturated heterocycles. The molecule has 1 aliphatic rings. The second-order valence-electron chi connectivity index (χ2n) is 5.23. The molecule has 0 radical (unpaired) electrons. The Morgan fingerprint density at radius 1 is 1.21 bits per heavy atom. The van der Waals surface area contributed by atoms with Crippen molar-refractivity contribution in [3.05, 3.63) is 0 Å². The zero-order valence-corrected chi connectivity index (χ0v) is 11.5. The van der Waals surface area contributed by atoms with Gasteiger partial charge in [0.15, 0.2) is 0 Å². The number of aliphatic hydroxyl groups excluding tert-OH is 1. The summed E-state index contributed by atoms with van der Waals surface area (Å²) in [7, 11) is 1.67. The third-order valence-corrected chi connectivity index (χ3v) is 3.71. The highest BCUT2D eigenvalue weighted by Crippen LogP contribution is 2.30. The van der Waals surface area contributed by atoms with Gasteiger partial charge in [-0.3, -0.25) is 0 Å². The lowest BCUT2D eigenvalue weighted by Crippen LogP contribution is -2.55. The summed E-state index contributed by atoms with van der Waals surface area (Å²) in [6.07, 6.45) is 5.09. The molecule has 0 bridgehead atoms. The van der Waals surface area contributed by atoms with E-state index in [2.05, 4.69) is 5.32 Å². The first kappa shape index (κ1) is 15.8. The van der Waals surface area contributed by atoms with Gasteiger partial charge < -0.3 is 20.4 Å². The Hall–Kier alpha value is -1.30. The van der Waals surface area contributed by atoms with Crippen LogP contribution in [0.5, 0.6) is 0 Å². The summed E-state index contributed by atoms with van der Waals surface area (Å²) in [4.78, 5) is 24.8. The van der Waals surface area contributed by atoms with Crippen LogP contribution in [0, 0.1) is 0 Å². The standard InChI is InChI=1S/C13H24N2O4/c1-15(9-5-2-6-10-16)12(19)14-13(11(17)18)7-3-4-8-13/h16H,2-10H2,1H3,(H,14,19)(H,17,18). The number of rotatable bonds is 7. The van der Waals surface area contributed by atoms with Crippen molar-refractivity contribution in [1.82, 2.24) is 10.2 Å². The Morgan fingerprint density at radius 3 is 2.37 bits per heavy atom. The fourth-order valence-electron chi connectivity index (χ4n) is 2.41. The van der Waals surface area contributed by atoms with E-state index in [9.17, 15) is 14.7 Å². The van der Waals surface area contributed by atoms with Crippen molar-refractivity contribution < 1.29 is 19.8 Å². The number of aliphatic hydroxyl groups is 1. The lowest BCUT2D eigenvalue weighted by atomic mass is 9.98. The largest absolute Gasteiger partial charge is 0.480 e. The zero-order chi connectivity index (χ0) is 14.3. The van der Waals surface area contributed by atoms with Crippen molar-refractivity contribution in [3.63, 3.8) is 0 Å². The second kappa shape index (κ2) is 7.33. The average Bonchev–Trinajstić information content (AvgIpc) is 2.84. The van der Waals surface area contributed by atoms with Crippen molar-refractivity contribution in [2.45, 2.75) is 50.5 Å². The SMILES string of the molecule is CN(CCCCCO)C(=O)NC1(C(=O)O)CCCC1. The Kier molecular flexibility index (Phi) is 6.08. The van der Waals surface area contributed by atoms with Gasteiger partial charge in [0.05, 0.1) is 0 Å². The first-order valence-electron chi connectivity index (χ1n) is 6.89. The van der Waals surface area contributed by atoms with E-state index in [1.807, 2.05) is 0 Å². The maximum Gasteiger partial charge on any atom is 0.329 e. The molecule has 0 aromatic heterocycles. The molecule has 1 rings (SSSR count). The highest BCUT2D eigenvalue weighted by atomic mass is 16.4. The highest BCUT2D eigenvalue weighted by Gasteiger charge is 2.43. The van der Waals surface area contributed by atoms with Gasteiger partial charge in [0.25, 0.3) is 0 Å². The van der Waals surface area contributed by atoms with E-state index in [1.165, 1.54) is 4.90 Å². The molecule has 0 atom stereocenters. The van der Waals surface area contributed by atoms with Crippen LogP contribution in [0.1, 0.15) is 44.9 Å². The Labute approximate surface area is 113 Å². The molecule has 6 heteroatoms. The van der Waals surface area contributed by atoms with Gasteiger partial charge in [-0.05, 0) is 32.1 Å². The number of aliphatic carboxylic acids is 1. The summed E-state index contributed by atoms with van der Waals surface area (Å²) in [6, 6.07) is -0.326. The van der Waals surface area contributed by atoms with Gasteiger partial charge >= 0.3 is 12.0 Å². The molecule has 1 fully saturated rings. The van der Waals surface area contributed by atoms with E-state index in [1.54, 1.807) is 7.05 Å².